The molecule has 88 valence electrons. The molecule has 0 spiro atoms. The fraction of sp³-hybridized carbons (Fsp3) is 0.500. The molecule has 1 aromatic rings. The van der Waals surface area contributed by atoms with E-state index in [1.165, 1.54) is 10.9 Å². The van der Waals surface area contributed by atoms with Crippen molar-refractivity contribution in [2.24, 2.45) is 13.0 Å². The van der Waals surface area contributed by atoms with E-state index in [0.717, 1.165) is 0 Å². The zero-order valence-electron chi connectivity index (χ0n) is 9.34. The first-order valence-corrected chi connectivity index (χ1v) is 4.84. The molecule has 6 heteroatoms. The van der Waals surface area contributed by atoms with Crippen LogP contribution in [-0.4, -0.2) is 31.9 Å². The van der Waals surface area contributed by atoms with Crippen molar-refractivity contribution in [3.8, 4) is 0 Å². The average molecular weight is 226 g/mol. The normalized spacial score (nSPS) is 12.8. The molecule has 1 rings (SSSR count). The number of aryl methyl sites for hydroxylation is 1. The van der Waals surface area contributed by atoms with Crippen molar-refractivity contribution in [2.45, 2.75) is 19.8 Å². The molecule has 0 amide bonds. The fourth-order valence-electron chi connectivity index (χ4n) is 1.68. The van der Waals surface area contributed by atoms with Gasteiger partial charge in [0, 0.05) is 18.8 Å². The minimum absolute atomic E-state index is 0.191. The van der Waals surface area contributed by atoms with Gasteiger partial charge < -0.3 is 10.2 Å². The molecule has 0 aromatic carbocycles. The molecule has 0 saturated heterocycles. The van der Waals surface area contributed by atoms with E-state index in [0.29, 0.717) is 0 Å². The number of rotatable bonds is 4. The van der Waals surface area contributed by atoms with Gasteiger partial charge in [-0.15, -0.1) is 0 Å². The van der Waals surface area contributed by atoms with E-state index in [9.17, 15) is 9.59 Å². The second-order valence-electron chi connectivity index (χ2n) is 3.97. The second kappa shape index (κ2) is 4.34. The first-order chi connectivity index (χ1) is 7.34. The third-order valence-corrected chi connectivity index (χ3v) is 2.33. The van der Waals surface area contributed by atoms with E-state index >= 15 is 0 Å². The van der Waals surface area contributed by atoms with Crippen LogP contribution >= 0.6 is 0 Å². The van der Waals surface area contributed by atoms with E-state index in [2.05, 4.69) is 5.10 Å². The molecule has 0 radical (unpaired) electrons. The number of hydrogen-bond acceptors (Lipinski definition) is 3. The monoisotopic (exact) mass is 226 g/mol. The van der Waals surface area contributed by atoms with Gasteiger partial charge in [0.2, 0.25) is 0 Å². The highest BCUT2D eigenvalue weighted by Crippen LogP contribution is 2.27. The Labute approximate surface area is 92.5 Å². The molecular formula is C10H14N2O4. The Morgan fingerprint density at radius 2 is 1.94 bits per heavy atom. The van der Waals surface area contributed by atoms with Gasteiger partial charge >= 0.3 is 11.9 Å². The number of carbonyl (C=O) groups is 2. The number of carboxylic acids is 2. The summed E-state index contributed by atoms with van der Waals surface area (Å²) >= 11 is 0. The fourth-order valence-corrected chi connectivity index (χ4v) is 1.68. The second-order valence-corrected chi connectivity index (χ2v) is 3.97. The first-order valence-electron chi connectivity index (χ1n) is 4.84. The van der Waals surface area contributed by atoms with Crippen LogP contribution < -0.4 is 0 Å². The number of nitrogens with zero attached hydrogens (tertiary/aromatic N) is 2. The van der Waals surface area contributed by atoms with Crippen molar-refractivity contribution in [1.29, 1.82) is 0 Å². The quantitative estimate of drug-likeness (QED) is 0.797. The number of aromatic nitrogens is 2. The zero-order chi connectivity index (χ0) is 12.5. The number of carboxylic acid groups (broad SMARTS) is 2. The molecule has 0 fully saturated rings. The van der Waals surface area contributed by atoms with Crippen molar-refractivity contribution >= 4 is 11.9 Å². The summed E-state index contributed by atoms with van der Waals surface area (Å²) in [6.07, 6.45) is 1.45. The van der Waals surface area contributed by atoms with Crippen LogP contribution in [0.3, 0.4) is 0 Å². The van der Waals surface area contributed by atoms with E-state index in [1.807, 2.05) is 0 Å². The third kappa shape index (κ3) is 2.21. The zero-order valence-corrected chi connectivity index (χ0v) is 9.34. The van der Waals surface area contributed by atoms with Crippen molar-refractivity contribution < 1.29 is 19.8 Å². The van der Waals surface area contributed by atoms with Crippen LogP contribution in [0.1, 0.15) is 35.8 Å². The van der Waals surface area contributed by atoms with Crippen LogP contribution in [0.2, 0.25) is 0 Å². The summed E-state index contributed by atoms with van der Waals surface area (Å²) in [6, 6.07) is 0. The molecule has 2 N–H and O–H groups in total. The summed E-state index contributed by atoms with van der Waals surface area (Å²) in [7, 11) is 1.56. The Kier molecular flexibility index (Phi) is 3.31. The largest absolute Gasteiger partial charge is 0.481 e. The number of aromatic carboxylic acids is 1. The molecule has 1 unspecified atom stereocenters. The van der Waals surface area contributed by atoms with Crippen LogP contribution in [0.25, 0.3) is 0 Å². The van der Waals surface area contributed by atoms with Crippen LogP contribution in [0.15, 0.2) is 6.20 Å². The van der Waals surface area contributed by atoms with Crippen molar-refractivity contribution in [1.82, 2.24) is 9.78 Å². The molecule has 6 nitrogen and oxygen atoms in total. The maximum Gasteiger partial charge on any atom is 0.356 e. The summed E-state index contributed by atoms with van der Waals surface area (Å²) in [4.78, 5) is 22.0. The van der Waals surface area contributed by atoms with Crippen LogP contribution in [-0.2, 0) is 11.8 Å². The highest BCUT2D eigenvalue weighted by Gasteiger charge is 2.30. The molecule has 1 heterocycles. The maximum atomic E-state index is 11.1. The lowest BCUT2D eigenvalue weighted by molar-refractivity contribution is -0.139. The van der Waals surface area contributed by atoms with Gasteiger partial charge in [0.1, 0.15) is 0 Å². The Morgan fingerprint density at radius 3 is 2.31 bits per heavy atom. The summed E-state index contributed by atoms with van der Waals surface area (Å²) in [6.45, 7) is 3.47. The summed E-state index contributed by atoms with van der Waals surface area (Å²) in [5.41, 5.74) is 0.0566. The lowest BCUT2D eigenvalue weighted by Crippen LogP contribution is -2.19. The molecule has 0 aliphatic carbocycles. The van der Waals surface area contributed by atoms with E-state index < -0.39 is 17.9 Å². The van der Waals surface area contributed by atoms with Gasteiger partial charge in [-0.2, -0.15) is 5.10 Å². The van der Waals surface area contributed by atoms with Crippen LogP contribution in [0.4, 0.5) is 0 Å². The molecule has 0 bridgehead atoms. The van der Waals surface area contributed by atoms with E-state index in [4.69, 9.17) is 10.2 Å². The SMILES string of the molecule is CC(C)C(C(=O)O)c1cn(C)nc1C(=O)O. The summed E-state index contributed by atoms with van der Waals surface area (Å²) < 4.78 is 1.32. The first kappa shape index (κ1) is 12.2. The molecule has 16 heavy (non-hydrogen) atoms. The highest BCUT2D eigenvalue weighted by molar-refractivity contribution is 5.90. The van der Waals surface area contributed by atoms with Gasteiger partial charge in [0.25, 0.3) is 0 Å². The van der Waals surface area contributed by atoms with Gasteiger partial charge in [-0.3, -0.25) is 9.48 Å². The highest BCUT2D eigenvalue weighted by atomic mass is 16.4. The van der Waals surface area contributed by atoms with Crippen molar-refractivity contribution in [3.05, 3.63) is 17.5 Å². The predicted molar refractivity (Wildman–Crippen MR) is 55.4 cm³/mol. The van der Waals surface area contributed by atoms with Gasteiger partial charge in [0.05, 0.1) is 5.92 Å². The lowest BCUT2D eigenvalue weighted by Gasteiger charge is -2.14. The Morgan fingerprint density at radius 1 is 1.38 bits per heavy atom. The molecule has 0 saturated carbocycles. The Balaban J connectivity index is 3.28. The minimum atomic E-state index is -1.21. The smallest absolute Gasteiger partial charge is 0.356 e. The third-order valence-electron chi connectivity index (χ3n) is 2.33. The standard InChI is InChI=1S/C10H14N2O4/c1-5(2)7(9(13)14)6-4-12(3)11-8(6)10(15)16/h4-5,7H,1-3H3,(H,13,14)(H,15,16). The summed E-state index contributed by atoms with van der Waals surface area (Å²) in [5.74, 6) is -3.28. The predicted octanol–water partition coefficient (Wildman–Crippen LogP) is 0.943. The number of hydrogen-bond donors (Lipinski definition) is 2. The molecule has 1 atom stereocenters. The molecule has 0 aliphatic rings. The molecular weight excluding hydrogens is 212 g/mol. The van der Waals surface area contributed by atoms with Gasteiger partial charge in [-0.1, -0.05) is 13.8 Å². The van der Waals surface area contributed by atoms with Gasteiger partial charge in [0.15, 0.2) is 5.69 Å². The molecule has 1 aromatic heterocycles. The Hall–Kier alpha value is -1.85. The minimum Gasteiger partial charge on any atom is -0.481 e. The van der Waals surface area contributed by atoms with Gasteiger partial charge in [-0.05, 0) is 5.92 Å². The summed E-state index contributed by atoms with van der Waals surface area (Å²) in [5, 5.41) is 21.8. The Bertz CT molecular complexity index is 422. The van der Waals surface area contributed by atoms with Crippen LogP contribution in [0.5, 0.6) is 0 Å². The average Bonchev–Trinajstić information content (AvgIpc) is 2.45. The number of aliphatic carboxylic acids is 1. The lowest BCUT2D eigenvalue weighted by atomic mass is 9.89. The van der Waals surface area contributed by atoms with Crippen molar-refractivity contribution in [2.75, 3.05) is 0 Å². The van der Waals surface area contributed by atoms with Crippen molar-refractivity contribution in [3.63, 3.8) is 0 Å². The van der Waals surface area contributed by atoms with E-state index in [-0.39, 0.29) is 17.2 Å². The maximum absolute atomic E-state index is 11.1. The molecule has 0 aliphatic heterocycles. The van der Waals surface area contributed by atoms with Gasteiger partial charge in [-0.25, -0.2) is 4.79 Å². The van der Waals surface area contributed by atoms with E-state index in [1.54, 1.807) is 20.9 Å². The topological polar surface area (TPSA) is 92.4 Å². The van der Waals surface area contributed by atoms with Crippen LogP contribution in [0, 0.1) is 5.92 Å².